The Hall–Kier alpha value is -7.27. The Morgan fingerprint density at radius 2 is 0.807 bits per heavy atom. The molecule has 0 spiro atoms. The van der Waals surface area contributed by atoms with E-state index in [0.717, 1.165) is 66.9 Å². The lowest BCUT2D eigenvalue weighted by molar-refractivity contribution is 1.18. The van der Waals surface area contributed by atoms with Gasteiger partial charge in [-0.1, -0.05) is 176 Å². The maximum absolute atomic E-state index is 5.38. The van der Waals surface area contributed by atoms with E-state index in [4.69, 9.17) is 15.0 Å². The first-order chi connectivity index (χ1) is 28.2. The number of aromatic nitrogens is 3. The fourth-order valence-corrected chi connectivity index (χ4v) is 9.18. The van der Waals surface area contributed by atoms with Gasteiger partial charge in [-0.15, -0.1) is 11.3 Å². The molecule has 0 radical (unpaired) electrons. The van der Waals surface area contributed by atoms with Crippen LogP contribution in [0, 0.1) is 0 Å². The van der Waals surface area contributed by atoms with Gasteiger partial charge in [-0.25, -0.2) is 15.0 Å². The summed E-state index contributed by atoms with van der Waals surface area (Å²) in [5.74, 6) is 0.699. The van der Waals surface area contributed by atoms with Crippen LogP contribution in [0.5, 0.6) is 0 Å². The zero-order chi connectivity index (χ0) is 37.7. The third-order valence-electron chi connectivity index (χ3n) is 10.9. The summed E-state index contributed by atoms with van der Waals surface area (Å²) in [5.41, 5.74) is 12.5. The molecule has 0 aliphatic carbocycles. The van der Waals surface area contributed by atoms with E-state index in [0.29, 0.717) is 5.82 Å². The van der Waals surface area contributed by atoms with Gasteiger partial charge in [-0.3, -0.25) is 0 Å². The van der Waals surface area contributed by atoms with E-state index in [-0.39, 0.29) is 0 Å². The minimum Gasteiger partial charge on any atom is -0.247 e. The zero-order valence-electron chi connectivity index (χ0n) is 30.8. The van der Waals surface area contributed by atoms with Gasteiger partial charge in [-0.05, 0) is 46.5 Å². The van der Waals surface area contributed by atoms with E-state index in [9.17, 15) is 0 Å². The Kier molecular flexibility index (Phi) is 8.01. The molecule has 0 saturated heterocycles. The molecule has 0 saturated carbocycles. The first-order valence-corrected chi connectivity index (χ1v) is 20.0. The van der Waals surface area contributed by atoms with Crippen molar-refractivity contribution in [3.63, 3.8) is 0 Å². The molecule has 0 unspecified atom stereocenters. The number of pyridine rings is 1. The van der Waals surface area contributed by atoms with Gasteiger partial charge in [0.25, 0.3) is 0 Å². The molecule has 0 aliphatic rings. The molecule has 3 aromatic heterocycles. The van der Waals surface area contributed by atoms with Gasteiger partial charge in [0.1, 0.15) is 0 Å². The number of hydrogen-bond donors (Lipinski definition) is 0. The van der Waals surface area contributed by atoms with Crippen LogP contribution in [0.15, 0.2) is 200 Å². The van der Waals surface area contributed by atoms with Crippen LogP contribution in [0.3, 0.4) is 0 Å². The second-order valence-corrected chi connectivity index (χ2v) is 15.5. The molecule has 3 heterocycles. The van der Waals surface area contributed by atoms with E-state index in [2.05, 4.69) is 188 Å². The fraction of sp³-hybridized carbons (Fsp3) is 0. The summed E-state index contributed by atoms with van der Waals surface area (Å²) in [6, 6.07) is 70.7. The van der Waals surface area contributed by atoms with Crippen molar-refractivity contribution in [3.05, 3.63) is 200 Å². The summed E-state index contributed by atoms with van der Waals surface area (Å²) in [6.45, 7) is 0. The van der Waals surface area contributed by atoms with Crippen molar-refractivity contribution >= 4 is 53.2 Å². The highest BCUT2D eigenvalue weighted by molar-refractivity contribution is 7.26. The maximum atomic E-state index is 5.38. The largest absolute Gasteiger partial charge is 0.247 e. The van der Waals surface area contributed by atoms with Crippen LogP contribution >= 0.6 is 11.3 Å². The molecule has 0 atom stereocenters. The number of benzene rings is 8. The molecule has 0 fully saturated rings. The zero-order valence-corrected chi connectivity index (χ0v) is 31.6. The number of fused-ring (bicyclic) bond motifs is 7. The third kappa shape index (κ3) is 5.95. The van der Waals surface area contributed by atoms with Gasteiger partial charge in [0.2, 0.25) is 0 Å². The van der Waals surface area contributed by atoms with Crippen LogP contribution < -0.4 is 0 Å². The number of thiophene rings is 1. The fourth-order valence-electron chi connectivity index (χ4n) is 8.06. The summed E-state index contributed by atoms with van der Waals surface area (Å²) in [6.07, 6.45) is 0. The minimum atomic E-state index is 0.699. The average molecular weight is 744 g/mol. The number of nitrogens with zero attached hydrogens (tertiary/aromatic N) is 3. The summed E-state index contributed by atoms with van der Waals surface area (Å²) in [5, 5.41) is 6.20. The second-order valence-electron chi connectivity index (χ2n) is 14.4. The predicted octanol–water partition coefficient (Wildman–Crippen LogP) is 14.5. The van der Waals surface area contributed by atoms with Gasteiger partial charge in [0.05, 0.1) is 22.6 Å². The third-order valence-corrected chi connectivity index (χ3v) is 12.0. The number of hydrogen-bond acceptors (Lipinski definition) is 4. The molecular weight excluding hydrogens is 711 g/mol. The highest BCUT2D eigenvalue weighted by atomic mass is 32.1. The lowest BCUT2D eigenvalue weighted by atomic mass is 9.94. The molecule has 0 aliphatic heterocycles. The SMILES string of the molecule is c1ccc(-c2ccc(-c3nc(-c4ccccc4)cc(-c4ccc(-c5ccc6c(c5)nc(-c5ccccc5)c5ccc7sc8ccccc8c7c56)cc4)n3)cc2)cc1. The minimum absolute atomic E-state index is 0.699. The van der Waals surface area contributed by atoms with Gasteiger partial charge in [0.15, 0.2) is 5.82 Å². The summed E-state index contributed by atoms with van der Waals surface area (Å²) >= 11 is 1.86. The van der Waals surface area contributed by atoms with Gasteiger partial charge in [0, 0.05) is 58.6 Å². The number of rotatable bonds is 6. The van der Waals surface area contributed by atoms with Crippen molar-refractivity contribution in [3.8, 4) is 67.4 Å². The molecule has 0 bridgehead atoms. The summed E-state index contributed by atoms with van der Waals surface area (Å²) in [7, 11) is 0. The molecule has 8 aromatic carbocycles. The molecular formula is C53H33N3S. The Bertz CT molecular complexity index is 3250. The van der Waals surface area contributed by atoms with Crippen molar-refractivity contribution < 1.29 is 0 Å². The molecule has 0 N–H and O–H groups in total. The Labute approximate surface area is 334 Å². The van der Waals surface area contributed by atoms with Crippen molar-refractivity contribution in [2.24, 2.45) is 0 Å². The molecule has 266 valence electrons. The molecule has 4 heteroatoms. The molecule has 3 nitrogen and oxygen atoms in total. The molecule has 11 aromatic rings. The van der Waals surface area contributed by atoms with Crippen LogP contribution in [-0.4, -0.2) is 15.0 Å². The smallest absolute Gasteiger partial charge is 0.160 e. The van der Waals surface area contributed by atoms with Crippen LogP contribution in [0.2, 0.25) is 0 Å². The Morgan fingerprint density at radius 1 is 0.298 bits per heavy atom. The van der Waals surface area contributed by atoms with E-state index in [1.807, 2.05) is 23.5 Å². The quantitative estimate of drug-likeness (QED) is 0.159. The van der Waals surface area contributed by atoms with Crippen LogP contribution in [0.4, 0.5) is 0 Å². The van der Waals surface area contributed by atoms with Gasteiger partial charge in [-0.2, -0.15) is 0 Å². The molecule has 11 rings (SSSR count). The summed E-state index contributed by atoms with van der Waals surface area (Å²) in [4.78, 5) is 15.6. The molecule has 0 amide bonds. The summed E-state index contributed by atoms with van der Waals surface area (Å²) < 4.78 is 2.60. The highest BCUT2D eigenvalue weighted by Crippen LogP contribution is 2.44. The molecule has 57 heavy (non-hydrogen) atoms. The van der Waals surface area contributed by atoms with Crippen LogP contribution in [0.25, 0.3) is 109 Å². The van der Waals surface area contributed by atoms with Crippen molar-refractivity contribution in [1.29, 1.82) is 0 Å². The van der Waals surface area contributed by atoms with E-state index < -0.39 is 0 Å². The standard InChI is InChI=1S/C53H33N3S/c1-4-12-34(13-5-1)35-22-26-40(27-23-35)53-55-45(37-14-6-2-7-15-37)33-46(56-53)38-24-20-36(21-25-38)41-28-29-42-47(32-41)54-52(39-16-8-3-9-17-39)44-30-31-49-51(50(42)44)43-18-10-11-19-48(43)57-49/h1-33H. The first kappa shape index (κ1) is 33.1. The van der Waals surface area contributed by atoms with Gasteiger partial charge < -0.3 is 0 Å². The monoisotopic (exact) mass is 743 g/mol. The normalized spacial score (nSPS) is 11.5. The Balaban J connectivity index is 1.01. The average Bonchev–Trinajstić information content (AvgIpc) is 3.68. The second kappa shape index (κ2) is 13.8. The maximum Gasteiger partial charge on any atom is 0.160 e. The van der Waals surface area contributed by atoms with Gasteiger partial charge >= 0.3 is 0 Å². The first-order valence-electron chi connectivity index (χ1n) is 19.2. The van der Waals surface area contributed by atoms with Crippen molar-refractivity contribution in [2.75, 3.05) is 0 Å². The van der Waals surface area contributed by atoms with E-state index in [1.165, 1.54) is 36.5 Å². The Morgan fingerprint density at radius 3 is 1.51 bits per heavy atom. The van der Waals surface area contributed by atoms with Crippen LogP contribution in [-0.2, 0) is 0 Å². The van der Waals surface area contributed by atoms with Crippen LogP contribution in [0.1, 0.15) is 0 Å². The topological polar surface area (TPSA) is 38.7 Å². The van der Waals surface area contributed by atoms with E-state index in [1.54, 1.807) is 0 Å². The van der Waals surface area contributed by atoms with E-state index >= 15 is 0 Å². The predicted molar refractivity (Wildman–Crippen MR) is 240 cm³/mol. The lowest BCUT2D eigenvalue weighted by Crippen LogP contribution is -1.96. The van der Waals surface area contributed by atoms with Crippen molar-refractivity contribution in [2.45, 2.75) is 0 Å². The lowest BCUT2D eigenvalue weighted by Gasteiger charge is -2.13. The van der Waals surface area contributed by atoms with Crippen molar-refractivity contribution in [1.82, 2.24) is 15.0 Å². The highest BCUT2D eigenvalue weighted by Gasteiger charge is 2.17.